The van der Waals surface area contributed by atoms with Crippen LogP contribution in [0.2, 0.25) is 0 Å². The van der Waals surface area contributed by atoms with Gasteiger partial charge in [0.25, 0.3) is 5.91 Å². The summed E-state index contributed by atoms with van der Waals surface area (Å²) in [5, 5.41) is 7.78. The molecular weight excluding hydrogens is 307 g/mol. The molecule has 0 aliphatic carbocycles. The van der Waals surface area contributed by atoms with Gasteiger partial charge in [-0.25, -0.2) is 9.37 Å². The first-order chi connectivity index (χ1) is 11.4. The number of benzene rings is 1. The molecule has 2 aromatic heterocycles. The van der Waals surface area contributed by atoms with E-state index in [1.807, 2.05) is 20.8 Å². The van der Waals surface area contributed by atoms with Gasteiger partial charge in [-0.05, 0) is 32.9 Å². The summed E-state index contributed by atoms with van der Waals surface area (Å²) in [6.07, 6.45) is 0. The summed E-state index contributed by atoms with van der Waals surface area (Å²) in [7, 11) is 1.71. The van der Waals surface area contributed by atoms with Crippen molar-refractivity contribution in [2.75, 3.05) is 7.05 Å². The molecule has 24 heavy (non-hydrogen) atoms. The Morgan fingerprint density at radius 1 is 1.25 bits per heavy atom. The van der Waals surface area contributed by atoms with E-state index in [0.717, 1.165) is 17.0 Å². The Morgan fingerprint density at radius 3 is 2.67 bits per heavy atom. The lowest BCUT2D eigenvalue weighted by Gasteiger charge is -2.25. The molecule has 3 aromatic rings. The monoisotopic (exact) mass is 326 g/mol. The van der Waals surface area contributed by atoms with Crippen molar-refractivity contribution in [3.05, 3.63) is 58.8 Å². The molecule has 6 heteroatoms. The van der Waals surface area contributed by atoms with Crippen LogP contribution in [0.1, 0.15) is 40.4 Å². The van der Waals surface area contributed by atoms with E-state index in [2.05, 4.69) is 15.2 Å². The number of hydrogen-bond donors (Lipinski definition) is 1. The van der Waals surface area contributed by atoms with Gasteiger partial charge in [0.15, 0.2) is 0 Å². The van der Waals surface area contributed by atoms with Gasteiger partial charge in [0.1, 0.15) is 17.0 Å². The van der Waals surface area contributed by atoms with Gasteiger partial charge in [-0.1, -0.05) is 18.2 Å². The van der Waals surface area contributed by atoms with Crippen LogP contribution >= 0.6 is 0 Å². The van der Waals surface area contributed by atoms with Crippen molar-refractivity contribution in [1.82, 2.24) is 20.1 Å². The molecule has 2 heterocycles. The number of carbonyl (C=O) groups excluding carboxylic acids is 1. The second kappa shape index (κ2) is 6.03. The van der Waals surface area contributed by atoms with E-state index in [-0.39, 0.29) is 23.2 Å². The van der Waals surface area contributed by atoms with Gasteiger partial charge >= 0.3 is 0 Å². The molecule has 0 fully saturated rings. The summed E-state index contributed by atoms with van der Waals surface area (Å²) in [5.74, 6) is -0.688. The molecule has 5 nitrogen and oxygen atoms in total. The highest BCUT2D eigenvalue weighted by atomic mass is 19.1. The van der Waals surface area contributed by atoms with Crippen LogP contribution in [0.15, 0.2) is 30.3 Å². The summed E-state index contributed by atoms with van der Waals surface area (Å²) in [6.45, 7) is 5.76. The highest BCUT2D eigenvalue weighted by molar-refractivity contribution is 5.95. The van der Waals surface area contributed by atoms with Crippen LogP contribution in [0.4, 0.5) is 4.39 Å². The maximum atomic E-state index is 13.9. The molecule has 0 saturated carbocycles. The minimum Gasteiger partial charge on any atom is -0.333 e. The van der Waals surface area contributed by atoms with Crippen LogP contribution in [0.3, 0.4) is 0 Å². The summed E-state index contributed by atoms with van der Waals surface area (Å²) in [4.78, 5) is 18.6. The number of rotatable bonds is 3. The molecule has 0 saturated heterocycles. The Bertz CT molecular complexity index is 899. The molecule has 1 aromatic carbocycles. The summed E-state index contributed by atoms with van der Waals surface area (Å²) in [6, 6.07) is 7.90. The van der Waals surface area contributed by atoms with Crippen LogP contribution in [-0.4, -0.2) is 33.0 Å². The van der Waals surface area contributed by atoms with Gasteiger partial charge in [0.05, 0.1) is 11.7 Å². The van der Waals surface area contributed by atoms with Crippen molar-refractivity contribution in [2.45, 2.75) is 26.8 Å². The third-order valence-corrected chi connectivity index (χ3v) is 4.39. The van der Waals surface area contributed by atoms with Crippen molar-refractivity contribution < 1.29 is 9.18 Å². The normalized spacial score (nSPS) is 12.4. The van der Waals surface area contributed by atoms with Crippen molar-refractivity contribution in [1.29, 1.82) is 0 Å². The van der Waals surface area contributed by atoms with Gasteiger partial charge in [-0.15, -0.1) is 0 Å². The van der Waals surface area contributed by atoms with Gasteiger partial charge in [-0.3, -0.25) is 9.89 Å². The zero-order valence-electron chi connectivity index (χ0n) is 14.1. The number of aromatic amines is 1. The number of fused-ring (bicyclic) bond motifs is 1. The Labute approximate surface area is 139 Å². The van der Waals surface area contributed by atoms with E-state index in [1.165, 1.54) is 6.07 Å². The van der Waals surface area contributed by atoms with Crippen molar-refractivity contribution in [3.63, 3.8) is 0 Å². The molecule has 0 aliphatic heterocycles. The third kappa shape index (κ3) is 2.64. The number of aromatic nitrogens is 3. The first-order valence-corrected chi connectivity index (χ1v) is 7.74. The lowest BCUT2D eigenvalue weighted by atomic mass is 10.0. The minimum atomic E-state index is -0.431. The third-order valence-electron chi connectivity index (χ3n) is 4.39. The first-order valence-electron chi connectivity index (χ1n) is 7.74. The van der Waals surface area contributed by atoms with E-state index in [9.17, 15) is 9.18 Å². The van der Waals surface area contributed by atoms with Crippen LogP contribution in [-0.2, 0) is 0 Å². The molecule has 0 spiro atoms. The molecule has 0 radical (unpaired) electrons. The summed E-state index contributed by atoms with van der Waals surface area (Å²) < 4.78 is 13.9. The Hall–Kier alpha value is -2.76. The number of amides is 1. The van der Waals surface area contributed by atoms with E-state index in [0.29, 0.717) is 5.39 Å². The zero-order chi connectivity index (χ0) is 17.4. The molecule has 124 valence electrons. The van der Waals surface area contributed by atoms with Crippen LogP contribution in [0, 0.1) is 19.7 Å². The Kier molecular flexibility index (Phi) is 4.05. The molecule has 0 aliphatic rings. The Morgan fingerprint density at radius 2 is 2.00 bits per heavy atom. The average molecular weight is 326 g/mol. The summed E-state index contributed by atoms with van der Waals surface area (Å²) >= 11 is 0. The van der Waals surface area contributed by atoms with E-state index in [4.69, 9.17) is 0 Å². The van der Waals surface area contributed by atoms with Crippen LogP contribution in [0.25, 0.3) is 10.9 Å². The van der Waals surface area contributed by atoms with E-state index in [1.54, 1.807) is 36.2 Å². The largest absolute Gasteiger partial charge is 0.333 e. The number of aryl methyl sites for hydroxylation is 2. The van der Waals surface area contributed by atoms with Crippen LogP contribution < -0.4 is 0 Å². The SMILES string of the molecule is Cc1n[nH]c(C)c1[C@H](C)N(C)C(=O)c1ccc2cccc(F)c2n1. The number of nitrogens with one attached hydrogen (secondary N) is 1. The number of para-hydroxylation sites is 1. The average Bonchev–Trinajstić information content (AvgIpc) is 2.91. The number of H-pyrrole nitrogens is 1. The molecule has 0 unspecified atom stereocenters. The molecule has 1 atom stereocenters. The van der Waals surface area contributed by atoms with Gasteiger partial charge < -0.3 is 4.90 Å². The number of carbonyl (C=O) groups is 1. The van der Waals surface area contributed by atoms with E-state index < -0.39 is 5.82 Å². The molecular formula is C18H19FN4O. The maximum absolute atomic E-state index is 13.9. The minimum absolute atomic E-state index is 0.172. The van der Waals surface area contributed by atoms with Crippen molar-refractivity contribution >= 4 is 16.8 Å². The van der Waals surface area contributed by atoms with Crippen molar-refractivity contribution in [2.24, 2.45) is 0 Å². The fourth-order valence-electron chi connectivity index (χ4n) is 2.96. The zero-order valence-corrected chi connectivity index (χ0v) is 14.1. The van der Waals surface area contributed by atoms with Gasteiger partial charge in [-0.2, -0.15) is 5.10 Å². The topological polar surface area (TPSA) is 61.9 Å². The predicted molar refractivity (Wildman–Crippen MR) is 90.3 cm³/mol. The van der Waals surface area contributed by atoms with E-state index >= 15 is 0 Å². The molecule has 0 bridgehead atoms. The first kappa shape index (κ1) is 16.1. The predicted octanol–water partition coefficient (Wildman–Crippen LogP) is 3.55. The second-order valence-corrected chi connectivity index (χ2v) is 5.95. The molecule has 1 amide bonds. The second-order valence-electron chi connectivity index (χ2n) is 5.95. The van der Waals surface area contributed by atoms with Gasteiger partial charge in [0.2, 0.25) is 0 Å². The maximum Gasteiger partial charge on any atom is 0.272 e. The molecule has 3 rings (SSSR count). The number of pyridine rings is 1. The number of halogens is 1. The fourth-order valence-corrected chi connectivity index (χ4v) is 2.96. The quantitative estimate of drug-likeness (QED) is 0.800. The van der Waals surface area contributed by atoms with Crippen molar-refractivity contribution in [3.8, 4) is 0 Å². The standard InChI is InChI=1S/C18H19FN4O/c1-10-16(11(2)22-21-10)12(3)23(4)18(24)15-9-8-13-6-5-7-14(19)17(13)20-15/h5-9,12H,1-4H3,(H,21,22)/t12-/m0/s1. The smallest absolute Gasteiger partial charge is 0.272 e. The lowest BCUT2D eigenvalue weighted by Crippen LogP contribution is -2.30. The molecule has 1 N–H and O–H groups in total. The van der Waals surface area contributed by atoms with Crippen LogP contribution in [0.5, 0.6) is 0 Å². The number of nitrogens with zero attached hydrogens (tertiary/aromatic N) is 3. The lowest BCUT2D eigenvalue weighted by molar-refractivity contribution is 0.0736. The highest BCUT2D eigenvalue weighted by Crippen LogP contribution is 2.25. The Balaban J connectivity index is 1.95. The number of hydrogen-bond acceptors (Lipinski definition) is 3. The highest BCUT2D eigenvalue weighted by Gasteiger charge is 2.24. The fraction of sp³-hybridized carbons (Fsp3) is 0.278. The summed E-state index contributed by atoms with van der Waals surface area (Å²) in [5.41, 5.74) is 3.20. The van der Waals surface area contributed by atoms with Gasteiger partial charge in [0, 0.05) is 23.7 Å².